The largest absolute Gasteiger partial charge is 0.494 e. The number of benzene rings is 3. The fourth-order valence-corrected chi connectivity index (χ4v) is 4.19. The highest BCUT2D eigenvalue weighted by Gasteiger charge is 2.31. The van der Waals surface area contributed by atoms with Crippen LogP contribution in [0.2, 0.25) is 0 Å². The van der Waals surface area contributed by atoms with Crippen molar-refractivity contribution in [1.29, 1.82) is 0 Å². The number of nitrogens with zero attached hydrogens (tertiary/aromatic N) is 1. The van der Waals surface area contributed by atoms with Crippen LogP contribution in [0.1, 0.15) is 28.4 Å². The second kappa shape index (κ2) is 10.8. The minimum atomic E-state index is -0.575. The molecule has 1 aliphatic heterocycles. The number of ether oxygens (including phenoxy) is 1. The van der Waals surface area contributed by atoms with Gasteiger partial charge in [0.25, 0.3) is 5.91 Å². The normalized spacial score (nSPS) is 15.1. The lowest BCUT2D eigenvalue weighted by Gasteiger charge is -2.34. The fourth-order valence-electron chi connectivity index (χ4n) is 4.19. The molecular formula is C27H28N4O4. The van der Waals surface area contributed by atoms with E-state index in [1.165, 1.54) is 0 Å². The van der Waals surface area contributed by atoms with Gasteiger partial charge < -0.3 is 21.1 Å². The Hall–Kier alpha value is -4.17. The van der Waals surface area contributed by atoms with E-state index in [0.717, 1.165) is 11.1 Å². The van der Waals surface area contributed by atoms with Gasteiger partial charge in [0.1, 0.15) is 5.75 Å². The summed E-state index contributed by atoms with van der Waals surface area (Å²) >= 11 is 0. The standard InChI is InChI=1S/C27H28N4O4/c1-2-35-21-13-11-20(12-14-21)29-27(34)22-9-5-6-10-23(22)30-25(32)17-31-16-19-8-4-3-7-18(19)15-24(31)26(28)33/h3-14,24H,2,15-17H2,1H3,(H2,28,33)(H,29,34)(H,30,32)/t24-/m0/s1. The summed E-state index contributed by atoms with van der Waals surface area (Å²) in [6.07, 6.45) is 0.458. The van der Waals surface area contributed by atoms with Crippen LogP contribution in [0.15, 0.2) is 72.8 Å². The number of carbonyl (C=O) groups excluding carboxylic acids is 3. The first-order chi connectivity index (χ1) is 16.9. The number of nitrogens with one attached hydrogen (secondary N) is 2. The Balaban J connectivity index is 1.44. The monoisotopic (exact) mass is 472 g/mol. The topological polar surface area (TPSA) is 114 Å². The minimum absolute atomic E-state index is 0.0310. The van der Waals surface area contributed by atoms with Gasteiger partial charge in [0.15, 0.2) is 0 Å². The van der Waals surface area contributed by atoms with Gasteiger partial charge in [0.2, 0.25) is 11.8 Å². The van der Waals surface area contributed by atoms with E-state index in [1.807, 2.05) is 31.2 Å². The number of hydrogen-bond donors (Lipinski definition) is 3. The number of amides is 3. The zero-order chi connectivity index (χ0) is 24.8. The van der Waals surface area contributed by atoms with Crippen molar-refractivity contribution in [3.8, 4) is 5.75 Å². The first-order valence-electron chi connectivity index (χ1n) is 11.5. The van der Waals surface area contributed by atoms with Crippen LogP contribution < -0.4 is 21.1 Å². The molecule has 0 fully saturated rings. The lowest BCUT2D eigenvalue weighted by molar-refractivity contribution is -0.125. The van der Waals surface area contributed by atoms with Crippen molar-refractivity contribution in [3.05, 3.63) is 89.5 Å². The highest BCUT2D eigenvalue weighted by Crippen LogP contribution is 2.24. The Labute approximate surface area is 204 Å². The van der Waals surface area contributed by atoms with Crippen LogP contribution in [0.25, 0.3) is 0 Å². The van der Waals surface area contributed by atoms with Crippen molar-refractivity contribution in [2.45, 2.75) is 25.9 Å². The Morgan fingerprint density at radius 2 is 1.63 bits per heavy atom. The third-order valence-corrected chi connectivity index (χ3v) is 5.89. The molecule has 1 aliphatic rings. The molecule has 1 heterocycles. The quantitative estimate of drug-likeness (QED) is 0.466. The minimum Gasteiger partial charge on any atom is -0.494 e. The maximum atomic E-state index is 12.9. The summed E-state index contributed by atoms with van der Waals surface area (Å²) < 4.78 is 5.42. The Bertz CT molecular complexity index is 1230. The molecule has 0 saturated heterocycles. The van der Waals surface area contributed by atoms with E-state index >= 15 is 0 Å². The van der Waals surface area contributed by atoms with Gasteiger partial charge in [-0.1, -0.05) is 36.4 Å². The lowest BCUT2D eigenvalue weighted by atomic mass is 9.93. The Morgan fingerprint density at radius 3 is 2.34 bits per heavy atom. The summed E-state index contributed by atoms with van der Waals surface area (Å²) in [6, 6.07) is 21.1. The van der Waals surface area contributed by atoms with Crippen molar-refractivity contribution >= 4 is 29.1 Å². The molecule has 0 radical (unpaired) electrons. The number of carbonyl (C=O) groups is 3. The van der Waals surface area contributed by atoms with Crippen molar-refractivity contribution in [2.75, 3.05) is 23.8 Å². The van der Waals surface area contributed by atoms with Gasteiger partial charge >= 0.3 is 0 Å². The number of nitrogens with two attached hydrogens (primary N) is 1. The smallest absolute Gasteiger partial charge is 0.257 e. The van der Waals surface area contributed by atoms with E-state index in [0.29, 0.717) is 42.3 Å². The lowest BCUT2D eigenvalue weighted by Crippen LogP contribution is -2.51. The molecule has 0 spiro atoms. The molecule has 4 N–H and O–H groups in total. The zero-order valence-electron chi connectivity index (χ0n) is 19.5. The van der Waals surface area contributed by atoms with Gasteiger partial charge in [0.05, 0.1) is 30.4 Å². The zero-order valence-corrected chi connectivity index (χ0v) is 19.5. The predicted molar refractivity (Wildman–Crippen MR) is 134 cm³/mol. The molecule has 0 aromatic heterocycles. The van der Waals surface area contributed by atoms with E-state index < -0.39 is 11.9 Å². The van der Waals surface area contributed by atoms with E-state index in [9.17, 15) is 14.4 Å². The van der Waals surface area contributed by atoms with Crippen molar-refractivity contribution in [3.63, 3.8) is 0 Å². The Kier molecular flexibility index (Phi) is 7.42. The predicted octanol–water partition coefficient (Wildman–Crippen LogP) is 3.19. The summed E-state index contributed by atoms with van der Waals surface area (Å²) in [5.74, 6) is -0.445. The average molecular weight is 473 g/mol. The molecule has 35 heavy (non-hydrogen) atoms. The van der Waals surface area contributed by atoms with Gasteiger partial charge in [-0.2, -0.15) is 0 Å². The maximum absolute atomic E-state index is 12.9. The van der Waals surface area contributed by atoms with Crippen LogP contribution >= 0.6 is 0 Å². The third kappa shape index (κ3) is 5.85. The number of para-hydroxylation sites is 1. The van der Waals surface area contributed by atoms with Crippen LogP contribution in [0, 0.1) is 0 Å². The van der Waals surface area contributed by atoms with Gasteiger partial charge in [0, 0.05) is 12.2 Å². The SMILES string of the molecule is CCOc1ccc(NC(=O)c2ccccc2NC(=O)CN2Cc3ccccc3C[C@H]2C(N)=O)cc1. The molecule has 1 atom stereocenters. The summed E-state index contributed by atoms with van der Waals surface area (Å²) in [7, 11) is 0. The second-order valence-electron chi connectivity index (χ2n) is 8.30. The molecule has 0 saturated carbocycles. The van der Waals surface area contributed by atoms with Crippen LogP contribution in [-0.2, 0) is 22.6 Å². The summed E-state index contributed by atoms with van der Waals surface area (Å²) in [5.41, 5.74) is 9.07. The molecule has 3 amide bonds. The molecule has 8 heteroatoms. The number of primary amides is 1. The Morgan fingerprint density at radius 1 is 0.943 bits per heavy atom. The summed E-state index contributed by atoms with van der Waals surface area (Å²) in [6.45, 7) is 2.87. The third-order valence-electron chi connectivity index (χ3n) is 5.89. The van der Waals surface area contributed by atoms with E-state index in [-0.39, 0.29) is 18.4 Å². The molecular weight excluding hydrogens is 444 g/mol. The van der Waals surface area contributed by atoms with Gasteiger partial charge in [-0.25, -0.2) is 0 Å². The first kappa shape index (κ1) is 24.0. The molecule has 0 unspecified atom stereocenters. The number of rotatable bonds is 8. The molecule has 180 valence electrons. The molecule has 3 aromatic carbocycles. The van der Waals surface area contributed by atoms with Crippen LogP contribution in [0.4, 0.5) is 11.4 Å². The molecule has 4 rings (SSSR count). The summed E-state index contributed by atoms with van der Waals surface area (Å²) in [5, 5.41) is 5.66. The summed E-state index contributed by atoms with van der Waals surface area (Å²) in [4.78, 5) is 39.7. The first-order valence-corrected chi connectivity index (χ1v) is 11.5. The van der Waals surface area contributed by atoms with Crippen molar-refractivity contribution < 1.29 is 19.1 Å². The second-order valence-corrected chi connectivity index (χ2v) is 8.30. The van der Waals surface area contributed by atoms with Gasteiger partial charge in [-0.05, 0) is 60.9 Å². The number of hydrogen-bond acceptors (Lipinski definition) is 5. The highest BCUT2D eigenvalue weighted by molar-refractivity contribution is 6.10. The maximum Gasteiger partial charge on any atom is 0.257 e. The van der Waals surface area contributed by atoms with Gasteiger partial charge in [-0.15, -0.1) is 0 Å². The van der Waals surface area contributed by atoms with E-state index in [1.54, 1.807) is 53.4 Å². The van der Waals surface area contributed by atoms with Crippen LogP contribution in [-0.4, -0.2) is 41.8 Å². The van der Waals surface area contributed by atoms with Crippen LogP contribution in [0.5, 0.6) is 5.75 Å². The van der Waals surface area contributed by atoms with E-state index in [4.69, 9.17) is 10.5 Å². The number of fused-ring (bicyclic) bond motifs is 1. The fraction of sp³-hybridized carbons (Fsp3) is 0.222. The van der Waals surface area contributed by atoms with E-state index in [2.05, 4.69) is 10.6 Å². The molecule has 0 aliphatic carbocycles. The van der Waals surface area contributed by atoms with Gasteiger partial charge in [-0.3, -0.25) is 19.3 Å². The molecule has 3 aromatic rings. The average Bonchev–Trinajstić information content (AvgIpc) is 2.85. The van der Waals surface area contributed by atoms with Crippen molar-refractivity contribution in [2.24, 2.45) is 5.73 Å². The van der Waals surface area contributed by atoms with Crippen molar-refractivity contribution in [1.82, 2.24) is 4.90 Å². The molecule has 8 nitrogen and oxygen atoms in total. The number of anilines is 2. The molecule has 0 bridgehead atoms. The van der Waals surface area contributed by atoms with Crippen LogP contribution in [0.3, 0.4) is 0 Å². The highest BCUT2D eigenvalue weighted by atomic mass is 16.5.